The van der Waals surface area contributed by atoms with Gasteiger partial charge >= 0.3 is 0 Å². The first-order valence-electron chi connectivity index (χ1n) is 6.82. The van der Waals surface area contributed by atoms with E-state index in [0.717, 1.165) is 29.7 Å². The lowest BCUT2D eigenvalue weighted by molar-refractivity contribution is 0.0465. The molecule has 1 amide bonds. The highest BCUT2D eigenvalue weighted by atomic mass is 16.2. The van der Waals surface area contributed by atoms with E-state index >= 15 is 0 Å². The monoisotopic (exact) mass is 255 g/mol. The predicted molar refractivity (Wildman–Crippen MR) is 74.2 cm³/mol. The van der Waals surface area contributed by atoms with Gasteiger partial charge in [0.1, 0.15) is 5.69 Å². The molecule has 0 aliphatic carbocycles. The van der Waals surface area contributed by atoms with Gasteiger partial charge in [0.15, 0.2) is 0 Å². The average Bonchev–Trinajstić information content (AvgIpc) is 2.75. The fraction of sp³-hybridized carbons (Fsp3) is 0.400. The molecule has 3 saturated heterocycles. The molecule has 2 bridgehead atoms. The Morgan fingerprint density at radius 2 is 1.95 bits per heavy atom. The summed E-state index contributed by atoms with van der Waals surface area (Å²) in [7, 11) is 1.97. The number of fused-ring (bicyclic) bond motifs is 3. The number of amides is 1. The average molecular weight is 255 g/mol. The quantitative estimate of drug-likeness (QED) is 0.835. The number of aryl methyl sites for hydroxylation is 1. The van der Waals surface area contributed by atoms with Crippen molar-refractivity contribution in [1.82, 2.24) is 14.8 Å². The number of piperidine rings is 1. The molecule has 19 heavy (non-hydrogen) atoms. The second-order valence-electron chi connectivity index (χ2n) is 5.65. The number of para-hydroxylation sites is 1. The van der Waals surface area contributed by atoms with Gasteiger partial charge in [-0.25, -0.2) is 0 Å². The third kappa shape index (κ3) is 1.60. The van der Waals surface area contributed by atoms with Crippen molar-refractivity contribution in [3.05, 3.63) is 36.0 Å². The summed E-state index contributed by atoms with van der Waals surface area (Å²) in [5, 5.41) is 4.59. The fourth-order valence-corrected chi connectivity index (χ4v) is 3.34. The molecule has 4 nitrogen and oxygen atoms in total. The first-order chi connectivity index (χ1) is 9.22. The number of rotatable bonds is 1. The molecule has 2 atom stereocenters. The summed E-state index contributed by atoms with van der Waals surface area (Å²) < 4.78 is 2.01. The third-order valence-corrected chi connectivity index (χ3v) is 4.38. The lowest BCUT2D eigenvalue weighted by Gasteiger charge is -2.48. The van der Waals surface area contributed by atoms with E-state index in [2.05, 4.69) is 17.4 Å². The van der Waals surface area contributed by atoms with Gasteiger partial charge in [0, 0.05) is 43.1 Å². The van der Waals surface area contributed by atoms with Gasteiger partial charge in [-0.2, -0.15) is 0 Å². The molecular weight excluding hydrogens is 238 g/mol. The Bertz CT molecular complexity index is 644. The van der Waals surface area contributed by atoms with Crippen LogP contribution in [0.15, 0.2) is 30.3 Å². The maximum atomic E-state index is 12.6. The van der Waals surface area contributed by atoms with Crippen LogP contribution in [0.25, 0.3) is 10.9 Å². The Morgan fingerprint density at radius 3 is 2.63 bits per heavy atom. The molecular formula is C15H17N3O. The summed E-state index contributed by atoms with van der Waals surface area (Å²) in [6, 6.07) is 11.2. The highest BCUT2D eigenvalue weighted by Crippen LogP contribution is 2.24. The molecule has 3 aliphatic heterocycles. The van der Waals surface area contributed by atoms with Crippen molar-refractivity contribution in [2.45, 2.75) is 18.5 Å². The van der Waals surface area contributed by atoms with Gasteiger partial charge in [0.25, 0.3) is 5.91 Å². The van der Waals surface area contributed by atoms with Crippen molar-refractivity contribution in [3.8, 4) is 0 Å². The second kappa shape index (κ2) is 3.84. The van der Waals surface area contributed by atoms with Gasteiger partial charge in [0.2, 0.25) is 0 Å². The summed E-state index contributed by atoms with van der Waals surface area (Å²) in [5.41, 5.74) is 1.91. The van der Waals surface area contributed by atoms with Crippen molar-refractivity contribution >= 4 is 16.8 Å². The number of benzene rings is 1. The Labute approximate surface area is 112 Å². The topological polar surface area (TPSA) is 37.3 Å². The molecule has 2 aromatic rings. The zero-order valence-electron chi connectivity index (χ0n) is 11.0. The molecule has 98 valence electrons. The molecule has 4 heterocycles. The summed E-state index contributed by atoms with van der Waals surface area (Å²) in [5.74, 6) is 0.162. The molecule has 1 aromatic carbocycles. The van der Waals surface area contributed by atoms with E-state index in [9.17, 15) is 4.79 Å². The van der Waals surface area contributed by atoms with Crippen LogP contribution in [0.2, 0.25) is 0 Å². The molecule has 3 aliphatic rings. The standard InChI is InChI=1S/C15H17N3O/c1-17-13-5-3-2-4-10(13)6-14(17)15(19)18-8-11-7-12(9-18)16-11/h2-6,11-12,16H,7-9H2,1H3. The van der Waals surface area contributed by atoms with Crippen molar-refractivity contribution in [2.24, 2.45) is 7.05 Å². The molecule has 5 rings (SSSR count). The van der Waals surface area contributed by atoms with Crippen LogP contribution < -0.4 is 5.32 Å². The lowest BCUT2D eigenvalue weighted by Crippen LogP contribution is -2.67. The number of hydrogen-bond acceptors (Lipinski definition) is 2. The molecule has 0 saturated carbocycles. The third-order valence-electron chi connectivity index (χ3n) is 4.38. The molecule has 2 unspecified atom stereocenters. The van der Waals surface area contributed by atoms with Gasteiger partial charge < -0.3 is 14.8 Å². The zero-order chi connectivity index (χ0) is 13.0. The summed E-state index contributed by atoms with van der Waals surface area (Å²) >= 11 is 0. The SMILES string of the molecule is Cn1c(C(=O)N2CC3CC(C2)N3)cc2ccccc21. The minimum Gasteiger partial charge on any atom is -0.340 e. The minimum atomic E-state index is 0.162. The van der Waals surface area contributed by atoms with Crippen LogP contribution >= 0.6 is 0 Å². The van der Waals surface area contributed by atoms with E-state index < -0.39 is 0 Å². The van der Waals surface area contributed by atoms with Crippen molar-refractivity contribution in [2.75, 3.05) is 13.1 Å². The Balaban J connectivity index is 1.69. The van der Waals surface area contributed by atoms with E-state index in [0.29, 0.717) is 12.1 Å². The number of nitrogens with one attached hydrogen (secondary N) is 1. The number of hydrogen-bond donors (Lipinski definition) is 1. The summed E-state index contributed by atoms with van der Waals surface area (Å²) in [6.07, 6.45) is 1.22. The van der Waals surface area contributed by atoms with E-state index in [1.54, 1.807) is 0 Å². The first kappa shape index (κ1) is 11.1. The smallest absolute Gasteiger partial charge is 0.270 e. The van der Waals surface area contributed by atoms with Crippen LogP contribution in [0.5, 0.6) is 0 Å². The number of piperazine rings is 1. The van der Waals surface area contributed by atoms with E-state index in [1.807, 2.05) is 34.7 Å². The van der Waals surface area contributed by atoms with Crippen LogP contribution in [0.4, 0.5) is 0 Å². The summed E-state index contributed by atoms with van der Waals surface area (Å²) in [6.45, 7) is 1.69. The van der Waals surface area contributed by atoms with Gasteiger partial charge in [-0.1, -0.05) is 18.2 Å². The van der Waals surface area contributed by atoms with Crippen molar-refractivity contribution in [3.63, 3.8) is 0 Å². The number of nitrogens with zero attached hydrogens (tertiary/aromatic N) is 2. The normalized spacial score (nSPS) is 25.4. The molecule has 0 spiro atoms. The van der Waals surface area contributed by atoms with Crippen LogP contribution in [0.1, 0.15) is 16.9 Å². The minimum absolute atomic E-state index is 0.162. The Hall–Kier alpha value is -1.81. The molecule has 1 aromatic heterocycles. The summed E-state index contributed by atoms with van der Waals surface area (Å²) in [4.78, 5) is 14.6. The molecule has 3 fully saturated rings. The molecule has 1 N–H and O–H groups in total. The first-order valence-corrected chi connectivity index (χ1v) is 6.82. The number of carbonyl (C=O) groups is 1. The van der Waals surface area contributed by atoms with Crippen LogP contribution in [-0.2, 0) is 7.05 Å². The highest BCUT2D eigenvalue weighted by molar-refractivity contribution is 5.98. The van der Waals surface area contributed by atoms with Crippen molar-refractivity contribution < 1.29 is 4.79 Å². The Kier molecular flexibility index (Phi) is 2.23. The maximum absolute atomic E-state index is 12.6. The zero-order valence-corrected chi connectivity index (χ0v) is 11.0. The number of carbonyl (C=O) groups excluding carboxylic acids is 1. The fourth-order valence-electron chi connectivity index (χ4n) is 3.34. The van der Waals surface area contributed by atoms with Crippen LogP contribution in [0.3, 0.4) is 0 Å². The van der Waals surface area contributed by atoms with E-state index in [-0.39, 0.29) is 5.91 Å². The predicted octanol–water partition coefficient (Wildman–Crippen LogP) is 1.36. The van der Waals surface area contributed by atoms with E-state index in [1.165, 1.54) is 6.42 Å². The van der Waals surface area contributed by atoms with Gasteiger partial charge in [0.05, 0.1) is 0 Å². The maximum Gasteiger partial charge on any atom is 0.270 e. The highest BCUT2D eigenvalue weighted by Gasteiger charge is 2.38. The van der Waals surface area contributed by atoms with Gasteiger partial charge in [-0.05, 0) is 18.6 Å². The van der Waals surface area contributed by atoms with Gasteiger partial charge in [-0.3, -0.25) is 4.79 Å². The van der Waals surface area contributed by atoms with Crippen LogP contribution in [0, 0.1) is 0 Å². The van der Waals surface area contributed by atoms with E-state index in [4.69, 9.17) is 0 Å². The largest absolute Gasteiger partial charge is 0.340 e. The lowest BCUT2D eigenvalue weighted by atomic mass is 9.91. The molecule has 4 heteroatoms. The second-order valence-corrected chi connectivity index (χ2v) is 5.65. The van der Waals surface area contributed by atoms with Crippen molar-refractivity contribution in [1.29, 1.82) is 0 Å². The van der Waals surface area contributed by atoms with Crippen LogP contribution in [-0.4, -0.2) is 40.5 Å². The molecule has 0 radical (unpaired) electrons. The Morgan fingerprint density at radius 1 is 1.26 bits per heavy atom. The number of aromatic nitrogens is 1. The van der Waals surface area contributed by atoms with Gasteiger partial charge in [-0.15, -0.1) is 0 Å².